The molecule has 0 saturated heterocycles. The van der Waals surface area contributed by atoms with Crippen LogP contribution in [0.25, 0.3) is 0 Å². The van der Waals surface area contributed by atoms with Gasteiger partial charge in [0, 0.05) is 0 Å². The molecule has 0 aromatic rings. The van der Waals surface area contributed by atoms with Gasteiger partial charge in [0.15, 0.2) is 0 Å². The third kappa shape index (κ3) is 12.6. The first kappa shape index (κ1) is 18.9. The molecule has 1 aliphatic carbocycles. The Labute approximate surface area is 108 Å². The molecule has 1 rings (SSSR count). The molecule has 0 aromatic carbocycles. The third-order valence-electron chi connectivity index (χ3n) is 3.22. The summed E-state index contributed by atoms with van der Waals surface area (Å²) in [5, 5.41) is 14.4. The average molecular weight is 262 g/mol. The smallest absolute Gasteiger partial charge is 0.402 e. The van der Waals surface area contributed by atoms with Gasteiger partial charge in [0.1, 0.15) is 0 Å². The quantitative estimate of drug-likeness (QED) is 0.579. The van der Waals surface area contributed by atoms with Gasteiger partial charge in [-0.25, -0.2) is 9.59 Å². The lowest BCUT2D eigenvalue weighted by atomic mass is 9.68. The van der Waals surface area contributed by atoms with Crippen molar-refractivity contribution in [3.63, 3.8) is 0 Å². The van der Waals surface area contributed by atoms with E-state index < -0.39 is 12.2 Å². The van der Waals surface area contributed by atoms with Crippen molar-refractivity contribution in [3.8, 4) is 0 Å². The Balaban J connectivity index is 0. The number of carbonyl (C=O) groups is 2. The van der Waals surface area contributed by atoms with E-state index in [1.54, 1.807) is 0 Å². The highest BCUT2D eigenvalue weighted by molar-refractivity contribution is 5.61. The molecular weight excluding hydrogens is 236 g/mol. The molecule has 1 atom stereocenters. The molecule has 1 saturated carbocycles. The number of hydrogen-bond acceptors (Lipinski definition) is 2. The first-order valence-corrected chi connectivity index (χ1v) is 6.10. The number of nitrogens with two attached hydrogens (primary N) is 2. The second-order valence-electron chi connectivity index (χ2n) is 5.02. The fraction of sp³-hybridized carbons (Fsp3) is 0.833. The average Bonchev–Trinajstić information content (AvgIpc) is 2.15. The molecule has 0 bridgehead atoms. The van der Waals surface area contributed by atoms with Crippen LogP contribution in [0.15, 0.2) is 0 Å². The molecule has 1 fully saturated rings. The molecule has 18 heavy (non-hydrogen) atoms. The highest BCUT2D eigenvalue weighted by Gasteiger charge is 2.30. The molecule has 6 heteroatoms. The molecule has 2 amide bonds. The van der Waals surface area contributed by atoms with Crippen molar-refractivity contribution >= 4 is 12.2 Å². The summed E-state index contributed by atoms with van der Waals surface area (Å²) in [4.78, 5) is 17.6. The maximum Gasteiger partial charge on any atom is 0.402 e. The number of hydrogen-bond donors (Lipinski definition) is 4. The van der Waals surface area contributed by atoms with E-state index >= 15 is 0 Å². The SMILES string of the molecule is CCC1CCCCC1(C)C.NC(=O)O.NC(=O)O. The minimum Gasteiger partial charge on any atom is -0.465 e. The van der Waals surface area contributed by atoms with Gasteiger partial charge in [0.25, 0.3) is 0 Å². The Morgan fingerprint density at radius 2 is 1.56 bits per heavy atom. The van der Waals surface area contributed by atoms with Crippen molar-refractivity contribution in [3.05, 3.63) is 0 Å². The van der Waals surface area contributed by atoms with Crippen LogP contribution >= 0.6 is 0 Å². The van der Waals surface area contributed by atoms with Gasteiger partial charge in [0.2, 0.25) is 0 Å². The maximum atomic E-state index is 8.78. The lowest BCUT2D eigenvalue weighted by Gasteiger charge is -2.38. The normalized spacial score (nSPS) is 20.5. The molecule has 0 aromatic heterocycles. The largest absolute Gasteiger partial charge is 0.465 e. The van der Waals surface area contributed by atoms with Gasteiger partial charge in [-0.1, -0.05) is 40.0 Å². The summed E-state index contributed by atoms with van der Waals surface area (Å²) >= 11 is 0. The highest BCUT2D eigenvalue weighted by Crippen LogP contribution is 2.41. The van der Waals surface area contributed by atoms with Gasteiger partial charge in [-0.3, -0.25) is 0 Å². The summed E-state index contributed by atoms with van der Waals surface area (Å²) in [6.45, 7) is 7.19. The Bertz CT molecular complexity index is 234. The van der Waals surface area contributed by atoms with Gasteiger partial charge in [0.05, 0.1) is 0 Å². The van der Waals surface area contributed by atoms with E-state index in [0.29, 0.717) is 5.41 Å². The standard InChI is InChI=1S/C10H20.2CH3NO2/c1-4-9-7-5-6-8-10(9,2)3;2*2-1(3)4/h9H,4-8H2,1-3H3;2*2H2,(H,3,4). The number of carboxylic acid groups (broad SMARTS) is 2. The summed E-state index contributed by atoms with van der Waals surface area (Å²) in [5.41, 5.74) is 8.70. The predicted molar refractivity (Wildman–Crippen MR) is 70.5 cm³/mol. The van der Waals surface area contributed by atoms with Crippen LogP contribution in [0, 0.1) is 11.3 Å². The van der Waals surface area contributed by atoms with Crippen LogP contribution in [0.4, 0.5) is 9.59 Å². The van der Waals surface area contributed by atoms with E-state index in [9.17, 15) is 0 Å². The summed E-state index contributed by atoms with van der Waals surface area (Å²) in [6.07, 6.45) is 4.58. The van der Waals surface area contributed by atoms with Crippen molar-refractivity contribution < 1.29 is 19.8 Å². The van der Waals surface area contributed by atoms with Crippen LogP contribution in [-0.4, -0.2) is 22.4 Å². The van der Waals surface area contributed by atoms with E-state index in [-0.39, 0.29) is 0 Å². The van der Waals surface area contributed by atoms with Crippen molar-refractivity contribution in [1.82, 2.24) is 0 Å². The van der Waals surface area contributed by atoms with Crippen molar-refractivity contribution in [2.24, 2.45) is 22.8 Å². The zero-order chi connectivity index (χ0) is 14.8. The minimum absolute atomic E-state index is 0.646. The fourth-order valence-corrected chi connectivity index (χ4v) is 2.32. The summed E-state index contributed by atoms with van der Waals surface area (Å²) in [6, 6.07) is 0. The van der Waals surface area contributed by atoms with Gasteiger partial charge in [-0.15, -0.1) is 0 Å². The molecule has 6 N–H and O–H groups in total. The van der Waals surface area contributed by atoms with Crippen LogP contribution in [-0.2, 0) is 0 Å². The summed E-state index contributed by atoms with van der Waals surface area (Å²) in [5.74, 6) is 1.00. The van der Waals surface area contributed by atoms with Crippen LogP contribution in [0.3, 0.4) is 0 Å². The molecule has 0 spiro atoms. The van der Waals surface area contributed by atoms with E-state index in [4.69, 9.17) is 19.8 Å². The predicted octanol–water partition coefficient (Wildman–Crippen LogP) is 2.86. The van der Waals surface area contributed by atoms with Gasteiger partial charge in [-0.05, 0) is 24.2 Å². The third-order valence-corrected chi connectivity index (χ3v) is 3.22. The number of primary amides is 2. The molecule has 1 unspecified atom stereocenters. The fourth-order valence-electron chi connectivity index (χ4n) is 2.32. The second kappa shape index (κ2) is 9.56. The van der Waals surface area contributed by atoms with E-state index in [0.717, 1.165) is 5.92 Å². The topological polar surface area (TPSA) is 127 Å². The van der Waals surface area contributed by atoms with Gasteiger partial charge >= 0.3 is 12.2 Å². The summed E-state index contributed by atoms with van der Waals surface area (Å²) < 4.78 is 0. The zero-order valence-electron chi connectivity index (χ0n) is 11.5. The van der Waals surface area contributed by atoms with E-state index in [1.165, 1.54) is 32.1 Å². The molecule has 0 radical (unpaired) electrons. The Morgan fingerprint density at radius 1 is 1.17 bits per heavy atom. The maximum absolute atomic E-state index is 8.78. The summed E-state index contributed by atoms with van der Waals surface area (Å²) in [7, 11) is 0. The van der Waals surface area contributed by atoms with Crippen LogP contribution in [0.2, 0.25) is 0 Å². The van der Waals surface area contributed by atoms with Crippen LogP contribution in [0.5, 0.6) is 0 Å². The van der Waals surface area contributed by atoms with Crippen molar-refractivity contribution in [2.45, 2.75) is 52.9 Å². The Morgan fingerprint density at radius 3 is 1.78 bits per heavy atom. The van der Waals surface area contributed by atoms with E-state index in [2.05, 4.69) is 32.2 Å². The van der Waals surface area contributed by atoms with Gasteiger partial charge < -0.3 is 21.7 Å². The molecule has 6 nitrogen and oxygen atoms in total. The monoisotopic (exact) mass is 262 g/mol. The van der Waals surface area contributed by atoms with Crippen LogP contribution < -0.4 is 11.5 Å². The molecule has 0 heterocycles. The number of rotatable bonds is 1. The second-order valence-corrected chi connectivity index (χ2v) is 5.02. The lowest BCUT2D eigenvalue weighted by Crippen LogP contribution is -2.26. The first-order valence-electron chi connectivity index (χ1n) is 6.10. The van der Waals surface area contributed by atoms with Gasteiger partial charge in [-0.2, -0.15) is 0 Å². The van der Waals surface area contributed by atoms with E-state index in [1.807, 2.05) is 0 Å². The number of amides is 2. The zero-order valence-corrected chi connectivity index (χ0v) is 11.5. The Hall–Kier alpha value is -1.46. The van der Waals surface area contributed by atoms with Crippen LogP contribution in [0.1, 0.15) is 52.9 Å². The molecule has 108 valence electrons. The van der Waals surface area contributed by atoms with Crippen molar-refractivity contribution in [1.29, 1.82) is 0 Å². The molecule has 0 aliphatic heterocycles. The van der Waals surface area contributed by atoms with Crippen molar-refractivity contribution in [2.75, 3.05) is 0 Å². The molecular formula is C12H26N2O4. The first-order chi connectivity index (χ1) is 8.13. The Kier molecular flexibility index (Phi) is 10.0. The lowest BCUT2D eigenvalue weighted by molar-refractivity contribution is 0.134. The minimum atomic E-state index is -1.33. The molecule has 1 aliphatic rings. The highest BCUT2D eigenvalue weighted by atomic mass is 16.4.